The molecule has 1 aliphatic heterocycles. The summed E-state index contributed by atoms with van der Waals surface area (Å²) in [6.45, 7) is 15.8. The number of allylic oxidation sites excluding steroid dienone is 2. The van der Waals surface area contributed by atoms with Gasteiger partial charge in [0.05, 0.1) is 11.4 Å². The number of hydrogen-bond donors (Lipinski definition) is 1. The molecule has 0 atom stereocenters. The molecule has 1 fully saturated rings. The monoisotopic (exact) mass is 193 g/mol. The molecule has 0 aromatic carbocycles. The molecule has 0 unspecified atom stereocenters. The molecule has 1 rings (SSSR count). The maximum Gasteiger partial charge on any atom is 0.0602 e. The lowest BCUT2D eigenvalue weighted by Crippen LogP contribution is -2.43. The van der Waals surface area contributed by atoms with Crippen molar-refractivity contribution >= 4 is 5.71 Å². The molecular formula is C11H19N3. The Bertz CT molecular complexity index is 260. The van der Waals surface area contributed by atoms with Gasteiger partial charge in [-0.3, -0.25) is 4.99 Å². The molecule has 1 saturated heterocycles. The fourth-order valence-electron chi connectivity index (χ4n) is 1.51. The van der Waals surface area contributed by atoms with Crippen molar-refractivity contribution in [3.05, 3.63) is 24.6 Å². The molecule has 14 heavy (non-hydrogen) atoms. The van der Waals surface area contributed by atoms with Gasteiger partial charge >= 0.3 is 0 Å². The normalized spacial score (nSPS) is 18.1. The molecular weight excluding hydrogens is 174 g/mol. The van der Waals surface area contributed by atoms with Crippen molar-refractivity contribution in [1.29, 1.82) is 0 Å². The van der Waals surface area contributed by atoms with Crippen LogP contribution in [0.5, 0.6) is 0 Å². The Morgan fingerprint density at radius 1 is 1.21 bits per heavy atom. The first-order valence-corrected chi connectivity index (χ1v) is 4.97. The van der Waals surface area contributed by atoms with Gasteiger partial charge in [-0.1, -0.05) is 13.2 Å². The first-order valence-electron chi connectivity index (χ1n) is 4.97. The first kappa shape index (κ1) is 11.0. The Morgan fingerprint density at radius 2 is 1.79 bits per heavy atom. The van der Waals surface area contributed by atoms with E-state index < -0.39 is 0 Å². The van der Waals surface area contributed by atoms with Gasteiger partial charge in [0.15, 0.2) is 0 Å². The molecule has 1 heterocycles. The molecule has 0 aromatic heterocycles. The van der Waals surface area contributed by atoms with E-state index in [2.05, 4.69) is 28.4 Å². The zero-order valence-corrected chi connectivity index (χ0v) is 9.14. The lowest BCUT2D eigenvalue weighted by Gasteiger charge is -2.30. The fourth-order valence-corrected chi connectivity index (χ4v) is 1.51. The maximum absolute atomic E-state index is 4.31. The van der Waals surface area contributed by atoms with Gasteiger partial charge in [-0.15, -0.1) is 0 Å². The second-order valence-electron chi connectivity index (χ2n) is 3.62. The van der Waals surface area contributed by atoms with Crippen LogP contribution >= 0.6 is 0 Å². The van der Waals surface area contributed by atoms with Gasteiger partial charge in [0.1, 0.15) is 0 Å². The molecule has 3 heteroatoms. The largest absolute Gasteiger partial charge is 0.368 e. The van der Waals surface area contributed by atoms with Crippen LogP contribution < -0.4 is 5.32 Å². The van der Waals surface area contributed by atoms with E-state index in [1.807, 2.05) is 13.8 Å². The van der Waals surface area contributed by atoms with Crippen molar-refractivity contribution in [3.8, 4) is 0 Å². The van der Waals surface area contributed by atoms with Gasteiger partial charge in [0.2, 0.25) is 0 Å². The molecule has 0 amide bonds. The molecule has 3 nitrogen and oxygen atoms in total. The van der Waals surface area contributed by atoms with E-state index in [4.69, 9.17) is 0 Å². The molecule has 0 aromatic rings. The fraction of sp³-hybridized carbons (Fsp3) is 0.545. The average molecular weight is 193 g/mol. The van der Waals surface area contributed by atoms with E-state index in [0.29, 0.717) is 0 Å². The second kappa shape index (κ2) is 4.96. The zero-order valence-electron chi connectivity index (χ0n) is 9.14. The standard InChI is InChI=1S/C11H19N3/c1-9(2)13-10(3)11(4)14-7-5-12-6-8-14/h12H,1,4-8H2,2-3H3. The molecule has 0 aliphatic carbocycles. The highest BCUT2D eigenvalue weighted by atomic mass is 15.2. The summed E-state index contributed by atoms with van der Waals surface area (Å²) in [6.07, 6.45) is 0. The topological polar surface area (TPSA) is 27.6 Å². The third-order valence-corrected chi connectivity index (χ3v) is 2.27. The highest BCUT2D eigenvalue weighted by Gasteiger charge is 2.12. The highest BCUT2D eigenvalue weighted by Crippen LogP contribution is 2.07. The Hall–Kier alpha value is -1.09. The zero-order chi connectivity index (χ0) is 10.6. The van der Waals surface area contributed by atoms with E-state index >= 15 is 0 Å². The molecule has 78 valence electrons. The van der Waals surface area contributed by atoms with Gasteiger partial charge in [-0.2, -0.15) is 0 Å². The van der Waals surface area contributed by atoms with Gasteiger partial charge in [-0.05, 0) is 13.8 Å². The van der Waals surface area contributed by atoms with Crippen molar-refractivity contribution in [2.24, 2.45) is 4.99 Å². The van der Waals surface area contributed by atoms with Crippen LogP contribution in [-0.4, -0.2) is 36.8 Å². The summed E-state index contributed by atoms with van der Waals surface area (Å²) in [5.74, 6) is 0. The van der Waals surface area contributed by atoms with Crippen molar-refractivity contribution in [1.82, 2.24) is 10.2 Å². The predicted octanol–water partition coefficient (Wildman–Crippen LogP) is 1.40. The quantitative estimate of drug-likeness (QED) is 0.686. The van der Waals surface area contributed by atoms with Gasteiger partial charge in [0.25, 0.3) is 0 Å². The molecule has 1 N–H and O–H groups in total. The van der Waals surface area contributed by atoms with Crippen LogP contribution in [0, 0.1) is 0 Å². The van der Waals surface area contributed by atoms with Crippen molar-refractivity contribution < 1.29 is 0 Å². The molecule has 0 saturated carbocycles. The van der Waals surface area contributed by atoms with Crippen molar-refractivity contribution in [2.75, 3.05) is 26.2 Å². The van der Waals surface area contributed by atoms with Crippen LogP contribution in [0.2, 0.25) is 0 Å². The summed E-state index contributed by atoms with van der Waals surface area (Å²) in [6, 6.07) is 0. The number of nitrogens with zero attached hydrogens (tertiary/aromatic N) is 2. The Labute approximate surface area is 86.2 Å². The summed E-state index contributed by atoms with van der Waals surface area (Å²) in [7, 11) is 0. The number of aliphatic imine (C=N–C) groups is 1. The van der Waals surface area contributed by atoms with Gasteiger partial charge in [-0.25, -0.2) is 0 Å². The molecule has 0 bridgehead atoms. The Morgan fingerprint density at radius 3 is 2.29 bits per heavy atom. The third-order valence-electron chi connectivity index (χ3n) is 2.27. The number of nitrogens with one attached hydrogen (secondary N) is 1. The summed E-state index contributed by atoms with van der Waals surface area (Å²) >= 11 is 0. The molecule has 1 aliphatic rings. The lowest BCUT2D eigenvalue weighted by molar-refractivity contribution is 0.312. The number of hydrogen-bond acceptors (Lipinski definition) is 3. The summed E-state index contributed by atoms with van der Waals surface area (Å²) in [5, 5.41) is 3.31. The van der Waals surface area contributed by atoms with Crippen LogP contribution in [0.3, 0.4) is 0 Å². The Kier molecular flexibility index (Phi) is 3.89. The van der Waals surface area contributed by atoms with Crippen LogP contribution in [-0.2, 0) is 0 Å². The Balaban J connectivity index is 2.59. The predicted molar refractivity (Wildman–Crippen MR) is 61.5 cm³/mol. The van der Waals surface area contributed by atoms with Crippen molar-refractivity contribution in [3.63, 3.8) is 0 Å². The molecule has 0 radical (unpaired) electrons. The van der Waals surface area contributed by atoms with E-state index in [0.717, 1.165) is 43.3 Å². The van der Waals surface area contributed by atoms with Crippen molar-refractivity contribution in [2.45, 2.75) is 13.8 Å². The van der Waals surface area contributed by atoms with Gasteiger partial charge < -0.3 is 10.2 Å². The average Bonchev–Trinajstić information content (AvgIpc) is 2.17. The summed E-state index contributed by atoms with van der Waals surface area (Å²) < 4.78 is 0. The van der Waals surface area contributed by atoms with Crippen LogP contribution in [0.4, 0.5) is 0 Å². The summed E-state index contributed by atoms with van der Waals surface area (Å²) in [4.78, 5) is 6.58. The van der Waals surface area contributed by atoms with Crippen LogP contribution in [0.15, 0.2) is 29.5 Å². The third kappa shape index (κ3) is 3.00. The number of piperazine rings is 1. The molecule has 0 spiro atoms. The SMILES string of the molecule is C=C(C)N=C(C)C(=C)N1CCNCC1. The smallest absolute Gasteiger partial charge is 0.0602 e. The second-order valence-corrected chi connectivity index (χ2v) is 3.62. The van der Waals surface area contributed by atoms with E-state index in [9.17, 15) is 0 Å². The van der Waals surface area contributed by atoms with Crippen LogP contribution in [0.25, 0.3) is 0 Å². The lowest BCUT2D eigenvalue weighted by atomic mass is 10.2. The minimum atomic E-state index is 0.832. The van der Waals surface area contributed by atoms with Crippen LogP contribution in [0.1, 0.15) is 13.8 Å². The minimum absolute atomic E-state index is 0.832. The van der Waals surface area contributed by atoms with E-state index in [1.54, 1.807) is 0 Å². The number of rotatable bonds is 3. The van der Waals surface area contributed by atoms with E-state index in [1.165, 1.54) is 0 Å². The minimum Gasteiger partial charge on any atom is -0.368 e. The summed E-state index contributed by atoms with van der Waals surface area (Å²) in [5.41, 5.74) is 2.83. The van der Waals surface area contributed by atoms with Gasteiger partial charge in [0, 0.05) is 31.9 Å². The maximum atomic E-state index is 4.31. The first-order chi connectivity index (χ1) is 6.61. The van der Waals surface area contributed by atoms with E-state index in [-0.39, 0.29) is 0 Å². The highest BCUT2D eigenvalue weighted by molar-refractivity contribution is 5.97.